The maximum atomic E-state index is 12.7. The average molecular weight is 336 g/mol. The Labute approximate surface area is 145 Å². The van der Waals surface area contributed by atoms with Crippen molar-refractivity contribution >= 4 is 11.7 Å². The predicted molar refractivity (Wildman–Crippen MR) is 89.6 cm³/mol. The molecule has 7 heteroatoms. The number of ether oxygens (including phenoxy) is 2. The molecule has 1 aromatic carbocycles. The molecule has 3 heterocycles. The largest absolute Gasteiger partial charge is 0.454 e. The van der Waals surface area contributed by atoms with Crippen LogP contribution in [0.4, 0.5) is 5.82 Å². The van der Waals surface area contributed by atoms with E-state index >= 15 is 0 Å². The molecule has 0 N–H and O–H groups in total. The fourth-order valence-corrected chi connectivity index (χ4v) is 2.99. The van der Waals surface area contributed by atoms with Crippen LogP contribution in [0, 0.1) is 11.3 Å². The van der Waals surface area contributed by atoms with Crippen LogP contribution in [-0.4, -0.2) is 48.8 Å². The Hall–Kier alpha value is -3.27. The van der Waals surface area contributed by atoms with Crippen LogP contribution in [-0.2, 0) is 0 Å². The van der Waals surface area contributed by atoms with Gasteiger partial charge in [-0.15, -0.1) is 0 Å². The van der Waals surface area contributed by atoms with Crippen molar-refractivity contribution in [3.05, 3.63) is 47.7 Å². The van der Waals surface area contributed by atoms with E-state index in [1.165, 1.54) is 0 Å². The quantitative estimate of drug-likeness (QED) is 0.830. The van der Waals surface area contributed by atoms with Crippen molar-refractivity contribution in [3.63, 3.8) is 0 Å². The maximum absolute atomic E-state index is 12.7. The number of aromatic nitrogens is 1. The third-order valence-corrected chi connectivity index (χ3v) is 4.39. The summed E-state index contributed by atoms with van der Waals surface area (Å²) in [4.78, 5) is 20.9. The highest BCUT2D eigenvalue weighted by Gasteiger charge is 2.24. The van der Waals surface area contributed by atoms with Crippen LogP contribution in [0.15, 0.2) is 36.5 Å². The summed E-state index contributed by atoms with van der Waals surface area (Å²) in [7, 11) is 0. The lowest BCUT2D eigenvalue weighted by Crippen LogP contribution is -2.49. The molecule has 2 aliphatic heterocycles. The Balaban J connectivity index is 1.41. The van der Waals surface area contributed by atoms with Gasteiger partial charge < -0.3 is 19.3 Å². The van der Waals surface area contributed by atoms with Crippen molar-refractivity contribution in [1.29, 1.82) is 5.26 Å². The van der Waals surface area contributed by atoms with Crippen molar-refractivity contribution in [2.75, 3.05) is 37.9 Å². The highest BCUT2D eigenvalue weighted by Crippen LogP contribution is 2.32. The van der Waals surface area contributed by atoms with E-state index in [1.54, 1.807) is 30.5 Å². The van der Waals surface area contributed by atoms with Crippen LogP contribution in [0.5, 0.6) is 11.5 Å². The molecule has 7 nitrogen and oxygen atoms in total. The smallest absolute Gasteiger partial charge is 0.254 e. The SMILES string of the molecule is N#Cc1ccc(N2CCN(C(=O)c3ccc4c(c3)OCO4)CC2)nc1. The molecule has 0 atom stereocenters. The van der Waals surface area contributed by atoms with Crippen molar-refractivity contribution < 1.29 is 14.3 Å². The minimum Gasteiger partial charge on any atom is -0.454 e. The molecule has 0 bridgehead atoms. The first-order valence-electron chi connectivity index (χ1n) is 8.04. The van der Waals surface area contributed by atoms with Crippen LogP contribution >= 0.6 is 0 Å². The zero-order valence-electron chi connectivity index (χ0n) is 13.5. The average Bonchev–Trinajstić information content (AvgIpc) is 3.15. The number of carbonyl (C=O) groups is 1. The highest BCUT2D eigenvalue weighted by atomic mass is 16.7. The normalized spacial score (nSPS) is 15.8. The Morgan fingerprint density at radius 2 is 1.88 bits per heavy atom. The van der Waals surface area contributed by atoms with E-state index < -0.39 is 0 Å². The van der Waals surface area contributed by atoms with Gasteiger partial charge in [0.1, 0.15) is 11.9 Å². The molecule has 1 saturated heterocycles. The Kier molecular flexibility index (Phi) is 3.86. The molecular weight excluding hydrogens is 320 g/mol. The van der Waals surface area contributed by atoms with Crippen LogP contribution < -0.4 is 14.4 Å². The number of rotatable bonds is 2. The summed E-state index contributed by atoms with van der Waals surface area (Å²) in [5.41, 5.74) is 1.15. The predicted octanol–water partition coefficient (Wildman–Crippen LogP) is 1.64. The van der Waals surface area contributed by atoms with Gasteiger partial charge in [0.2, 0.25) is 6.79 Å². The van der Waals surface area contributed by atoms with Crippen molar-refractivity contribution in [1.82, 2.24) is 9.88 Å². The summed E-state index contributed by atoms with van der Waals surface area (Å²) < 4.78 is 10.6. The van der Waals surface area contributed by atoms with Crippen molar-refractivity contribution in [3.8, 4) is 17.6 Å². The molecule has 0 radical (unpaired) electrons. The first-order valence-corrected chi connectivity index (χ1v) is 8.04. The molecule has 1 fully saturated rings. The van der Waals surface area contributed by atoms with Gasteiger partial charge >= 0.3 is 0 Å². The number of nitrogens with zero attached hydrogens (tertiary/aromatic N) is 4. The minimum atomic E-state index is -0.00858. The minimum absolute atomic E-state index is 0.00858. The van der Waals surface area contributed by atoms with E-state index in [9.17, 15) is 4.79 Å². The molecule has 0 saturated carbocycles. The molecule has 4 rings (SSSR count). The van der Waals surface area contributed by atoms with E-state index in [1.807, 2.05) is 11.0 Å². The van der Waals surface area contributed by atoms with Gasteiger partial charge in [-0.25, -0.2) is 4.98 Å². The summed E-state index contributed by atoms with van der Waals surface area (Å²) in [6.07, 6.45) is 1.57. The molecule has 1 amide bonds. The number of anilines is 1. The van der Waals surface area contributed by atoms with E-state index in [0.29, 0.717) is 48.8 Å². The van der Waals surface area contributed by atoms with Crippen molar-refractivity contribution in [2.24, 2.45) is 0 Å². The van der Waals surface area contributed by atoms with Gasteiger partial charge in [-0.3, -0.25) is 4.79 Å². The van der Waals surface area contributed by atoms with Gasteiger partial charge in [0.25, 0.3) is 5.91 Å². The number of amides is 1. The van der Waals surface area contributed by atoms with Gasteiger partial charge in [0.05, 0.1) is 5.56 Å². The number of hydrogen-bond acceptors (Lipinski definition) is 6. The topological polar surface area (TPSA) is 78.7 Å². The third kappa shape index (κ3) is 2.94. The number of fused-ring (bicyclic) bond motifs is 1. The molecule has 0 aliphatic carbocycles. The van der Waals surface area contributed by atoms with Crippen LogP contribution in [0.1, 0.15) is 15.9 Å². The Bertz CT molecular complexity index is 836. The van der Waals surface area contributed by atoms with E-state index in [4.69, 9.17) is 14.7 Å². The lowest BCUT2D eigenvalue weighted by molar-refractivity contribution is 0.0746. The van der Waals surface area contributed by atoms with Gasteiger partial charge in [-0.1, -0.05) is 0 Å². The number of piperazine rings is 1. The molecular formula is C18H16N4O3. The summed E-state index contributed by atoms with van der Waals surface area (Å²) in [6.45, 7) is 2.84. The molecule has 2 aromatic rings. The van der Waals surface area contributed by atoms with Gasteiger partial charge in [-0.05, 0) is 30.3 Å². The van der Waals surface area contributed by atoms with Gasteiger partial charge in [-0.2, -0.15) is 5.26 Å². The molecule has 25 heavy (non-hydrogen) atoms. The lowest BCUT2D eigenvalue weighted by atomic mass is 10.1. The summed E-state index contributed by atoms with van der Waals surface area (Å²) in [6, 6.07) is 10.9. The summed E-state index contributed by atoms with van der Waals surface area (Å²) in [5, 5.41) is 8.84. The standard InChI is InChI=1S/C18H16N4O3/c19-10-13-1-4-17(20-11-13)21-5-7-22(8-6-21)18(23)14-2-3-15-16(9-14)25-12-24-15/h1-4,9,11H,5-8,12H2. The number of hydrogen-bond donors (Lipinski definition) is 0. The second-order valence-electron chi connectivity index (χ2n) is 5.86. The summed E-state index contributed by atoms with van der Waals surface area (Å²) in [5.74, 6) is 2.11. The monoisotopic (exact) mass is 336 g/mol. The number of pyridine rings is 1. The Morgan fingerprint density at radius 3 is 2.60 bits per heavy atom. The second-order valence-corrected chi connectivity index (χ2v) is 5.86. The zero-order valence-corrected chi connectivity index (χ0v) is 13.5. The van der Waals surface area contributed by atoms with Gasteiger partial charge in [0.15, 0.2) is 11.5 Å². The Morgan fingerprint density at radius 1 is 1.08 bits per heavy atom. The van der Waals surface area contributed by atoms with E-state index in [2.05, 4.69) is 16.0 Å². The number of nitriles is 1. The van der Waals surface area contributed by atoms with Crippen molar-refractivity contribution in [2.45, 2.75) is 0 Å². The summed E-state index contributed by atoms with van der Waals surface area (Å²) >= 11 is 0. The van der Waals surface area contributed by atoms with E-state index in [-0.39, 0.29) is 12.7 Å². The fourth-order valence-electron chi connectivity index (χ4n) is 2.99. The fraction of sp³-hybridized carbons (Fsp3) is 0.278. The van der Waals surface area contributed by atoms with E-state index in [0.717, 1.165) is 5.82 Å². The third-order valence-electron chi connectivity index (χ3n) is 4.39. The van der Waals surface area contributed by atoms with Gasteiger partial charge in [0, 0.05) is 37.9 Å². The molecule has 0 spiro atoms. The molecule has 1 aromatic heterocycles. The number of benzene rings is 1. The molecule has 2 aliphatic rings. The number of carbonyl (C=O) groups excluding carboxylic acids is 1. The second kappa shape index (κ2) is 6.32. The lowest BCUT2D eigenvalue weighted by Gasteiger charge is -2.35. The molecule has 126 valence electrons. The zero-order chi connectivity index (χ0) is 17.2. The van der Waals surface area contributed by atoms with Crippen LogP contribution in [0.25, 0.3) is 0 Å². The van der Waals surface area contributed by atoms with Crippen LogP contribution in [0.3, 0.4) is 0 Å². The highest BCUT2D eigenvalue weighted by molar-refractivity contribution is 5.95. The molecule has 0 unspecified atom stereocenters. The first-order chi connectivity index (χ1) is 12.2. The van der Waals surface area contributed by atoms with Crippen LogP contribution in [0.2, 0.25) is 0 Å². The first kappa shape index (κ1) is 15.3. The maximum Gasteiger partial charge on any atom is 0.254 e.